The number of hydrogen-bond acceptors (Lipinski definition) is 4. The summed E-state index contributed by atoms with van der Waals surface area (Å²) in [5.74, 6) is 0.864. The van der Waals surface area contributed by atoms with Gasteiger partial charge in [-0.1, -0.05) is 23.2 Å². The Morgan fingerprint density at radius 3 is 2.59 bits per heavy atom. The Hall–Kier alpha value is -2.44. The third kappa shape index (κ3) is 3.19. The number of piperazine rings is 1. The summed E-state index contributed by atoms with van der Waals surface area (Å²) >= 11 is 11.9. The predicted octanol–water partition coefficient (Wildman–Crippen LogP) is 3.60. The summed E-state index contributed by atoms with van der Waals surface area (Å²) in [5, 5.41) is 0.686. The van der Waals surface area contributed by atoms with Crippen molar-refractivity contribution < 1.29 is 19.1 Å². The highest BCUT2D eigenvalue weighted by Gasteiger charge is 2.36. The fraction of sp³-hybridized carbons (Fsp3) is 0.263. The lowest BCUT2D eigenvalue weighted by Crippen LogP contribution is -2.57. The van der Waals surface area contributed by atoms with Crippen LogP contribution in [-0.2, 0) is 4.79 Å². The average molecular weight is 407 g/mol. The van der Waals surface area contributed by atoms with Crippen LogP contribution >= 0.6 is 23.2 Å². The molecule has 0 bridgehead atoms. The molecule has 6 nitrogen and oxygen atoms in total. The molecule has 2 amide bonds. The van der Waals surface area contributed by atoms with Crippen molar-refractivity contribution in [2.45, 2.75) is 13.0 Å². The molecule has 2 aromatic carbocycles. The summed E-state index contributed by atoms with van der Waals surface area (Å²) in [4.78, 5) is 28.9. The van der Waals surface area contributed by atoms with Crippen LogP contribution in [0.1, 0.15) is 17.3 Å². The van der Waals surface area contributed by atoms with Gasteiger partial charge in [0.05, 0.1) is 10.0 Å². The van der Waals surface area contributed by atoms with Gasteiger partial charge in [-0.2, -0.15) is 0 Å². The van der Waals surface area contributed by atoms with Gasteiger partial charge in [0.2, 0.25) is 12.7 Å². The smallest absolute Gasteiger partial charge is 0.254 e. The van der Waals surface area contributed by atoms with E-state index in [-0.39, 0.29) is 18.6 Å². The summed E-state index contributed by atoms with van der Waals surface area (Å²) in [6.45, 7) is 2.68. The van der Waals surface area contributed by atoms with Crippen LogP contribution in [0.5, 0.6) is 11.5 Å². The molecule has 1 atom stereocenters. The Labute approximate surface area is 166 Å². The van der Waals surface area contributed by atoms with E-state index in [2.05, 4.69) is 0 Å². The van der Waals surface area contributed by atoms with E-state index >= 15 is 0 Å². The second kappa shape index (κ2) is 6.94. The molecule has 0 aromatic heterocycles. The highest BCUT2D eigenvalue weighted by atomic mass is 35.5. The van der Waals surface area contributed by atoms with Crippen LogP contribution < -0.4 is 14.4 Å². The number of nitrogens with zero attached hydrogens (tertiary/aromatic N) is 2. The minimum absolute atomic E-state index is 0.159. The SMILES string of the molecule is C[C@@H]1C(=O)N(c2ccc3c(c2)OCO3)CCN1C(=O)c1ccc(Cl)c(Cl)c1. The summed E-state index contributed by atoms with van der Waals surface area (Å²) in [7, 11) is 0. The highest BCUT2D eigenvalue weighted by Crippen LogP contribution is 2.36. The van der Waals surface area contributed by atoms with E-state index in [0.29, 0.717) is 40.2 Å². The zero-order chi connectivity index (χ0) is 19.1. The number of carbonyl (C=O) groups is 2. The lowest BCUT2D eigenvalue weighted by molar-refractivity contribution is -0.124. The van der Waals surface area contributed by atoms with E-state index in [1.165, 1.54) is 6.07 Å². The van der Waals surface area contributed by atoms with E-state index in [9.17, 15) is 9.59 Å². The van der Waals surface area contributed by atoms with Crippen molar-refractivity contribution in [3.63, 3.8) is 0 Å². The quantitative estimate of drug-likeness (QED) is 0.764. The van der Waals surface area contributed by atoms with Gasteiger partial charge in [0.15, 0.2) is 11.5 Å². The Bertz CT molecular complexity index is 934. The maximum absolute atomic E-state index is 12.9. The van der Waals surface area contributed by atoms with Gasteiger partial charge in [0.1, 0.15) is 6.04 Å². The van der Waals surface area contributed by atoms with Gasteiger partial charge in [-0.05, 0) is 37.3 Å². The molecule has 0 saturated carbocycles. The maximum Gasteiger partial charge on any atom is 0.254 e. The molecule has 0 unspecified atom stereocenters. The molecule has 2 heterocycles. The zero-order valence-corrected chi connectivity index (χ0v) is 16.0. The summed E-state index contributed by atoms with van der Waals surface area (Å²) in [6, 6.07) is 9.48. The molecular formula is C19H16Cl2N2O4. The normalized spacial score (nSPS) is 18.8. The fourth-order valence-corrected chi connectivity index (χ4v) is 3.55. The van der Waals surface area contributed by atoms with Crippen LogP contribution in [0.2, 0.25) is 10.0 Å². The van der Waals surface area contributed by atoms with Crippen LogP contribution in [0.15, 0.2) is 36.4 Å². The van der Waals surface area contributed by atoms with Gasteiger partial charge in [0.25, 0.3) is 5.91 Å². The first kappa shape index (κ1) is 17.9. The average Bonchev–Trinajstić information content (AvgIpc) is 3.13. The molecule has 8 heteroatoms. The van der Waals surface area contributed by atoms with Crippen molar-refractivity contribution in [1.82, 2.24) is 4.90 Å². The zero-order valence-electron chi connectivity index (χ0n) is 14.4. The number of amides is 2. The third-order valence-corrected chi connectivity index (χ3v) is 5.49. The Kier molecular flexibility index (Phi) is 4.61. The van der Waals surface area contributed by atoms with Gasteiger partial charge < -0.3 is 19.3 Å². The van der Waals surface area contributed by atoms with Crippen molar-refractivity contribution in [2.75, 3.05) is 24.8 Å². The van der Waals surface area contributed by atoms with E-state index in [1.54, 1.807) is 41.0 Å². The minimum atomic E-state index is -0.605. The summed E-state index contributed by atoms with van der Waals surface area (Å²) in [6.07, 6.45) is 0. The molecular weight excluding hydrogens is 391 g/mol. The number of fused-ring (bicyclic) bond motifs is 1. The van der Waals surface area contributed by atoms with Crippen molar-refractivity contribution in [3.8, 4) is 11.5 Å². The van der Waals surface area contributed by atoms with E-state index in [0.717, 1.165) is 5.69 Å². The van der Waals surface area contributed by atoms with Gasteiger partial charge in [-0.3, -0.25) is 9.59 Å². The number of rotatable bonds is 2. The van der Waals surface area contributed by atoms with E-state index in [4.69, 9.17) is 32.7 Å². The van der Waals surface area contributed by atoms with Crippen molar-refractivity contribution in [1.29, 1.82) is 0 Å². The molecule has 4 rings (SSSR count). The van der Waals surface area contributed by atoms with Crippen LogP contribution in [0, 0.1) is 0 Å². The molecule has 1 fully saturated rings. The molecule has 0 N–H and O–H groups in total. The van der Waals surface area contributed by atoms with Gasteiger partial charge in [0, 0.05) is 30.4 Å². The van der Waals surface area contributed by atoms with Crippen LogP contribution in [-0.4, -0.2) is 42.6 Å². The number of halogens is 2. The van der Waals surface area contributed by atoms with Crippen molar-refractivity contribution >= 4 is 40.7 Å². The summed E-state index contributed by atoms with van der Waals surface area (Å²) in [5.41, 5.74) is 1.12. The first-order valence-electron chi connectivity index (χ1n) is 8.43. The van der Waals surface area contributed by atoms with E-state index in [1.807, 2.05) is 6.07 Å². The fourth-order valence-electron chi connectivity index (χ4n) is 3.25. The molecule has 1 saturated heterocycles. The number of anilines is 1. The minimum Gasteiger partial charge on any atom is -0.454 e. The lowest BCUT2D eigenvalue weighted by Gasteiger charge is -2.39. The molecule has 0 aliphatic carbocycles. The topological polar surface area (TPSA) is 59.1 Å². The number of carbonyl (C=O) groups excluding carboxylic acids is 2. The molecule has 0 spiro atoms. The predicted molar refractivity (Wildman–Crippen MR) is 102 cm³/mol. The number of hydrogen-bond donors (Lipinski definition) is 0. The largest absolute Gasteiger partial charge is 0.454 e. The first-order chi connectivity index (χ1) is 13.0. The molecule has 140 valence electrons. The standard InChI is InChI=1S/C19H16Cl2N2O4/c1-11-18(24)23(13-3-5-16-17(9-13)27-10-26-16)7-6-22(11)19(25)12-2-4-14(20)15(21)8-12/h2-5,8-9,11H,6-7,10H2,1H3/t11-/m1/s1. The Morgan fingerprint density at radius 1 is 1.04 bits per heavy atom. The number of ether oxygens (including phenoxy) is 2. The van der Waals surface area contributed by atoms with E-state index < -0.39 is 6.04 Å². The highest BCUT2D eigenvalue weighted by molar-refractivity contribution is 6.42. The summed E-state index contributed by atoms with van der Waals surface area (Å²) < 4.78 is 10.7. The molecule has 2 aromatic rings. The Balaban J connectivity index is 1.54. The lowest BCUT2D eigenvalue weighted by atomic mass is 10.1. The maximum atomic E-state index is 12.9. The van der Waals surface area contributed by atoms with Crippen LogP contribution in [0.4, 0.5) is 5.69 Å². The third-order valence-electron chi connectivity index (χ3n) is 4.75. The molecule has 2 aliphatic heterocycles. The van der Waals surface area contributed by atoms with Gasteiger partial charge in [-0.15, -0.1) is 0 Å². The second-order valence-corrected chi connectivity index (χ2v) is 7.15. The van der Waals surface area contributed by atoms with Crippen molar-refractivity contribution in [3.05, 3.63) is 52.0 Å². The molecule has 0 radical (unpaired) electrons. The van der Waals surface area contributed by atoms with Crippen LogP contribution in [0.25, 0.3) is 0 Å². The second-order valence-electron chi connectivity index (χ2n) is 6.33. The number of benzene rings is 2. The molecule has 2 aliphatic rings. The Morgan fingerprint density at radius 2 is 1.81 bits per heavy atom. The van der Waals surface area contributed by atoms with Crippen molar-refractivity contribution in [2.24, 2.45) is 0 Å². The first-order valence-corrected chi connectivity index (χ1v) is 9.18. The van der Waals surface area contributed by atoms with Gasteiger partial charge >= 0.3 is 0 Å². The van der Waals surface area contributed by atoms with Gasteiger partial charge in [-0.25, -0.2) is 0 Å². The monoisotopic (exact) mass is 406 g/mol. The molecule has 27 heavy (non-hydrogen) atoms. The van der Waals surface area contributed by atoms with Crippen LogP contribution in [0.3, 0.4) is 0 Å².